The van der Waals surface area contributed by atoms with Crippen molar-refractivity contribution >= 4 is 27.3 Å². The van der Waals surface area contributed by atoms with Crippen LogP contribution in [0.25, 0.3) is 10.1 Å². The fourth-order valence-electron chi connectivity index (χ4n) is 2.05. The minimum absolute atomic E-state index is 0.0426. The van der Waals surface area contributed by atoms with Gasteiger partial charge in [0.25, 0.3) is 5.91 Å². The maximum atomic E-state index is 12.1. The van der Waals surface area contributed by atoms with E-state index in [1.54, 1.807) is 11.3 Å². The Morgan fingerprint density at radius 1 is 1.40 bits per heavy atom. The van der Waals surface area contributed by atoms with Crippen molar-refractivity contribution in [3.05, 3.63) is 23.3 Å². The van der Waals surface area contributed by atoms with Crippen LogP contribution in [0.5, 0.6) is 0 Å². The maximum Gasteiger partial charge on any atom is 0.261 e. The van der Waals surface area contributed by atoms with E-state index >= 15 is 0 Å². The average molecular weight is 293 g/mol. The standard InChI is InChI=1S/C15H23N3OS/c1-11(2)18-9-12-8-13(20-14(12)10-18)15(19)16-6-5-7-17(3)4/h8-11H,5-7H2,1-4H3,(H,16,19). The molecule has 0 aliphatic rings. The molecule has 2 aromatic rings. The molecule has 5 heteroatoms. The fourth-order valence-corrected chi connectivity index (χ4v) is 3.04. The smallest absolute Gasteiger partial charge is 0.261 e. The highest BCUT2D eigenvalue weighted by molar-refractivity contribution is 7.20. The number of thiophene rings is 1. The summed E-state index contributed by atoms with van der Waals surface area (Å²) < 4.78 is 3.36. The van der Waals surface area contributed by atoms with Crippen LogP contribution in [0.15, 0.2) is 18.5 Å². The molecule has 0 radical (unpaired) electrons. The van der Waals surface area contributed by atoms with Crippen LogP contribution < -0.4 is 5.32 Å². The molecule has 2 aromatic heterocycles. The van der Waals surface area contributed by atoms with Crippen molar-refractivity contribution in [1.29, 1.82) is 0 Å². The summed E-state index contributed by atoms with van der Waals surface area (Å²) in [6.45, 7) is 6.03. The van der Waals surface area contributed by atoms with Crippen molar-refractivity contribution in [2.24, 2.45) is 0 Å². The minimum Gasteiger partial charge on any atom is -0.351 e. The second-order valence-corrected chi connectivity index (χ2v) is 6.73. The van der Waals surface area contributed by atoms with Crippen LogP contribution in [-0.4, -0.2) is 42.6 Å². The zero-order valence-electron chi connectivity index (χ0n) is 12.6. The molecule has 0 spiro atoms. The molecule has 0 bridgehead atoms. The van der Waals surface area contributed by atoms with Crippen LogP contribution in [0.2, 0.25) is 0 Å². The summed E-state index contributed by atoms with van der Waals surface area (Å²) in [7, 11) is 4.08. The lowest BCUT2D eigenvalue weighted by Crippen LogP contribution is -2.26. The molecule has 0 fully saturated rings. The van der Waals surface area contributed by atoms with Gasteiger partial charge < -0.3 is 14.8 Å². The van der Waals surface area contributed by atoms with Crippen molar-refractivity contribution in [2.75, 3.05) is 27.2 Å². The summed E-state index contributed by atoms with van der Waals surface area (Å²) in [5.41, 5.74) is 0. The molecule has 20 heavy (non-hydrogen) atoms. The van der Waals surface area contributed by atoms with Gasteiger partial charge in [-0.2, -0.15) is 0 Å². The van der Waals surface area contributed by atoms with Crippen LogP contribution >= 0.6 is 11.3 Å². The second kappa shape index (κ2) is 6.41. The molecule has 0 atom stereocenters. The maximum absolute atomic E-state index is 12.1. The summed E-state index contributed by atoms with van der Waals surface area (Å²) in [4.78, 5) is 15.0. The normalized spacial score (nSPS) is 11.7. The number of nitrogens with zero attached hydrogens (tertiary/aromatic N) is 2. The van der Waals surface area contributed by atoms with E-state index in [0.717, 1.165) is 29.8 Å². The number of hydrogen-bond acceptors (Lipinski definition) is 3. The molecule has 0 saturated heterocycles. The number of fused-ring (bicyclic) bond motifs is 1. The van der Waals surface area contributed by atoms with E-state index in [9.17, 15) is 4.79 Å². The van der Waals surface area contributed by atoms with Crippen molar-refractivity contribution < 1.29 is 4.79 Å². The van der Waals surface area contributed by atoms with E-state index < -0.39 is 0 Å². The van der Waals surface area contributed by atoms with Crippen LogP contribution in [0.1, 0.15) is 36.0 Å². The minimum atomic E-state index is 0.0426. The highest BCUT2D eigenvalue weighted by Crippen LogP contribution is 2.27. The molecule has 0 saturated carbocycles. The topological polar surface area (TPSA) is 37.3 Å². The quantitative estimate of drug-likeness (QED) is 0.831. The third kappa shape index (κ3) is 3.61. The van der Waals surface area contributed by atoms with Gasteiger partial charge in [0.15, 0.2) is 0 Å². The largest absolute Gasteiger partial charge is 0.351 e. The van der Waals surface area contributed by atoms with E-state index in [-0.39, 0.29) is 5.91 Å². The molecule has 4 nitrogen and oxygen atoms in total. The lowest BCUT2D eigenvalue weighted by atomic mass is 10.3. The van der Waals surface area contributed by atoms with Crippen molar-refractivity contribution in [3.63, 3.8) is 0 Å². The monoisotopic (exact) mass is 293 g/mol. The van der Waals surface area contributed by atoms with E-state index in [4.69, 9.17) is 0 Å². The highest BCUT2D eigenvalue weighted by atomic mass is 32.1. The summed E-state index contributed by atoms with van der Waals surface area (Å²) >= 11 is 1.56. The van der Waals surface area contributed by atoms with E-state index in [1.165, 1.54) is 4.70 Å². The summed E-state index contributed by atoms with van der Waals surface area (Å²) in [6.07, 6.45) is 5.20. The van der Waals surface area contributed by atoms with Crippen molar-refractivity contribution in [1.82, 2.24) is 14.8 Å². The van der Waals surface area contributed by atoms with E-state index in [0.29, 0.717) is 6.04 Å². The number of amides is 1. The first-order chi connectivity index (χ1) is 9.47. The predicted octanol–water partition coefficient (Wildman–Crippen LogP) is 2.97. The Morgan fingerprint density at radius 3 is 2.75 bits per heavy atom. The number of rotatable bonds is 6. The summed E-state index contributed by atoms with van der Waals surface area (Å²) in [6, 6.07) is 2.44. The van der Waals surface area contributed by atoms with Crippen LogP contribution in [-0.2, 0) is 0 Å². The molecule has 1 N–H and O–H groups in total. The fraction of sp³-hybridized carbons (Fsp3) is 0.533. The second-order valence-electron chi connectivity index (χ2n) is 5.64. The Labute approximate surface area is 124 Å². The van der Waals surface area contributed by atoms with Gasteiger partial charge in [-0.1, -0.05) is 0 Å². The van der Waals surface area contributed by atoms with Crippen molar-refractivity contribution in [2.45, 2.75) is 26.3 Å². The van der Waals surface area contributed by atoms with Gasteiger partial charge in [0.1, 0.15) is 0 Å². The molecule has 2 heterocycles. The van der Waals surface area contributed by atoms with Gasteiger partial charge in [0.05, 0.1) is 9.58 Å². The van der Waals surface area contributed by atoms with Gasteiger partial charge >= 0.3 is 0 Å². The lowest BCUT2D eigenvalue weighted by Gasteiger charge is -2.09. The molecular weight excluding hydrogens is 270 g/mol. The number of hydrogen-bond donors (Lipinski definition) is 1. The summed E-state index contributed by atoms with van der Waals surface area (Å²) in [5.74, 6) is 0.0426. The number of carbonyl (C=O) groups excluding carboxylic acids is 1. The average Bonchev–Trinajstić information content (AvgIpc) is 2.91. The van der Waals surface area contributed by atoms with Gasteiger partial charge in [-0.3, -0.25) is 4.79 Å². The number of nitrogens with one attached hydrogen (secondary N) is 1. The number of aromatic nitrogens is 1. The molecule has 0 aliphatic heterocycles. The zero-order chi connectivity index (χ0) is 14.7. The molecule has 110 valence electrons. The van der Waals surface area contributed by atoms with Gasteiger partial charge in [-0.05, 0) is 47.0 Å². The Morgan fingerprint density at radius 2 is 2.15 bits per heavy atom. The number of carbonyl (C=O) groups is 1. The third-order valence-corrected chi connectivity index (χ3v) is 4.32. The zero-order valence-corrected chi connectivity index (χ0v) is 13.5. The first-order valence-electron chi connectivity index (χ1n) is 7.01. The Kier molecular flexibility index (Phi) is 4.83. The molecule has 0 unspecified atom stereocenters. The molecule has 0 aromatic carbocycles. The van der Waals surface area contributed by atoms with Gasteiger partial charge in [0.2, 0.25) is 0 Å². The molecule has 2 rings (SSSR count). The summed E-state index contributed by atoms with van der Waals surface area (Å²) in [5, 5.41) is 4.14. The SMILES string of the molecule is CC(C)n1cc2cc(C(=O)NCCCN(C)C)sc2c1. The predicted molar refractivity (Wildman–Crippen MR) is 85.7 cm³/mol. The van der Waals surface area contributed by atoms with Crippen LogP contribution in [0, 0.1) is 0 Å². The molecule has 1 amide bonds. The van der Waals surface area contributed by atoms with Gasteiger partial charge in [-0.25, -0.2) is 0 Å². The van der Waals surface area contributed by atoms with Gasteiger partial charge in [0, 0.05) is 30.4 Å². The Bertz CT molecular complexity index is 551. The van der Waals surface area contributed by atoms with E-state index in [2.05, 4.69) is 41.0 Å². The highest BCUT2D eigenvalue weighted by Gasteiger charge is 2.12. The molecular formula is C15H23N3OS. The Balaban J connectivity index is 1.95. The first kappa shape index (κ1) is 15.1. The Hall–Kier alpha value is -1.33. The van der Waals surface area contributed by atoms with E-state index in [1.807, 2.05) is 20.2 Å². The van der Waals surface area contributed by atoms with Crippen molar-refractivity contribution in [3.8, 4) is 0 Å². The third-order valence-electron chi connectivity index (χ3n) is 3.23. The van der Waals surface area contributed by atoms with Crippen LogP contribution in [0.3, 0.4) is 0 Å². The first-order valence-corrected chi connectivity index (χ1v) is 7.83. The van der Waals surface area contributed by atoms with Crippen LogP contribution in [0.4, 0.5) is 0 Å². The lowest BCUT2D eigenvalue weighted by molar-refractivity contribution is 0.0956. The van der Waals surface area contributed by atoms with Gasteiger partial charge in [-0.15, -0.1) is 11.3 Å². The molecule has 0 aliphatic carbocycles.